The molecule has 4 heterocycles. The average molecular weight is 667 g/mol. The van der Waals surface area contributed by atoms with E-state index in [1.54, 1.807) is 23.0 Å². The first-order valence-electron chi connectivity index (χ1n) is 13.2. The molecule has 0 unspecified atom stereocenters. The number of likely N-dealkylation sites (tertiary alicyclic amines) is 1. The maximum Gasteiger partial charge on any atom is 0.328 e. The Bertz CT molecular complexity index is 1470. The Kier molecular flexibility index (Phi) is 9.65. The van der Waals surface area contributed by atoms with E-state index < -0.39 is 12.0 Å². The summed E-state index contributed by atoms with van der Waals surface area (Å²) < 4.78 is 18.6. The molecular weight excluding hydrogens is 634 g/mol. The second kappa shape index (κ2) is 13.4. The fourth-order valence-electron chi connectivity index (χ4n) is 4.87. The van der Waals surface area contributed by atoms with Crippen LogP contribution in [0.15, 0.2) is 33.0 Å². The van der Waals surface area contributed by atoms with Gasteiger partial charge in [0.2, 0.25) is 6.79 Å². The van der Waals surface area contributed by atoms with Crippen LogP contribution in [0.5, 0.6) is 11.5 Å². The highest BCUT2D eigenvalue weighted by atomic mass is 79.9. The lowest BCUT2D eigenvalue weighted by molar-refractivity contribution is -0.142. The summed E-state index contributed by atoms with van der Waals surface area (Å²) in [6, 6.07) is 2.93. The summed E-state index contributed by atoms with van der Waals surface area (Å²) in [5.74, 6) is 2.16. The number of hydrogen-bond acceptors (Lipinski definition) is 10. The minimum absolute atomic E-state index is 0.141. The van der Waals surface area contributed by atoms with E-state index in [1.165, 1.54) is 18.9 Å². The number of nitrogens with one attached hydrogen (secondary N) is 3. The van der Waals surface area contributed by atoms with Gasteiger partial charge in [-0.25, -0.2) is 19.6 Å². The summed E-state index contributed by atoms with van der Waals surface area (Å²) in [7, 11) is 1.34. The Morgan fingerprint density at radius 2 is 2.05 bits per heavy atom. The van der Waals surface area contributed by atoms with Gasteiger partial charge in [0.25, 0.3) is 0 Å². The molecule has 1 atom stereocenters. The van der Waals surface area contributed by atoms with Crippen LogP contribution < -0.4 is 20.3 Å². The number of halogens is 1. The summed E-state index contributed by atoms with van der Waals surface area (Å²) in [6.07, 6.45) is 6.81. The number of urea groups is 1. The zero-order valence-electron chi connectivity index (χ0n) is 22.8. The van der Waals surface area contributed by atoms with Gasteiger partial charge < -0.3 is 34.0 Å². The van der Waals surface area contributed by atoms with Crippen LogP contribution >= 0.6 is 39.5 Å². The van der Waals surface area contributed by atoms with E-state index in [1.807, 2.05) is 23.0 Å². The van der Waals surface area contributed by atoms with Crippen LogP contribution in [0.4, 0.5) is 4.79 Å². The molecule has 1 saturated heterocycles. The molecule has 0 saturated carbocycles. The van der Waals surface area contributed by atoms with Crippen molar-refractivity contribution in [2.75, 3.05) is 39.0 Å². The van der Waals surface area contributed by atoms with Gasteiger partial charge in [-0.15, -0.1) is 0 Å². The van der Waals surface area contributed by atoms with E-state index in [0.717, 1.165) is 34.4 Å². The van der Waals surface area contributed by atoms with Gasteiger partial charge >= 0.3 is 12.0 Å². The largest absolute Gasteiger partial charge is 0.467 e. The summed E-state index contributed by atoms with van der Waals surface area (Å²) in [5, 5.41) is 11.8. The van der Waals surface area contributed by atoms with E-state index in [-0.39, 0.29) is 18.3 Å². The number of aromatic amines is 1. The number of aromatic nitrogens is 4. The molecule has 3 N–H and O–H groups in total. The Hall–Kier alpha value is -2.91. The number of carbonyl (C=O) groups excluding carboxylic acids is 2. The Morgan fingerprint density at radius 3 is 2.78 bits per heavy atom. The maximum absolute atomic E-state index is 12.8. The minimum Gasteiger partial charge on any atom is -0.467 e. The first-order valence-corrected chi connectivity index (χ1v) is 16.3. The topological polar surface area (TPSA) is 147 Å². The predicted octanol–water partition coefficient (Wildman–Crippen LogP) is 3.99. The number of piperidine rings is 1. The lowest BCUT2D eigenvalue weighted by atomic mass is 9.93. The fraction of sp³-hybridized carbons (Fsp3) is 0.500. The highest BCUT2D eigenvalue weighted by Crippen LogP contribution is 2.42. The third kappa shape index (κ3) is 6.95. The van der Waals surface area contributed by atoms with Crippen LogP contribution in [-0.2, 0) is 16.1 Å². The van der Waals surface area contributed by atoms with E-state index in [2.05, 4.69) is 31.2 Å². The van der Waals surface area contributed by atoms with Gasteiger partial charge in [-0.2, -0.15) is 11.8 Å². The monoisotopic (exact) mass is 665 g/mol. The van der Waals surface area contributed by atoms with Crippen molar-refractivity contribution in [2.24, 2.45) is 5.92 Å². The van der Waals surface area contributed by atoms with Crippen molar-refractivity contribution in [1.29, 1.82) is 5.41 Å². The number of hydrogen-bond donors (Lipinski definition) is 3. The number of esters is 1. The number of thioether (sulfide) groups is 1. The van der Waals surface area contributed by atoms with Gasteiger partial charge in [-0.3, -0.25) is 5.41 Å². The predicted molar refractivity (Wildman–Crippen MR) is 158 cm³/mol. The van der Waals surface area contributed by atoms with E-state index in [4.69, 9.17) is 24.6 Å². The van der Waals surface area contributed by atoms with Crippen LogP contribution in [0.1, 0.15) is 25.7 Å². The third-order valence-corrected chi connectivity index (χ3v) is 9.71. The van der Waals surface area contributed by atoms with Crippen LogP contribution in [-0.4, -0.2) is 81.5 Å². The van der Waals surface area contributed by atoms with Crippen molar-refractivity contribution >= 4 is 62.6 Å². The van der Waals surface area contributed by atoms with Crippen molar-refractivity contribution in [3.63, 3.8) is 0 Å². The standard InChI is InChI=1S/C26H32BrN7O5S2/c1-37-24(35)17(6-10-40-2)30-26(36)33-7-3-15(4-8-33)5-9-34-13-29-22(28)21-23(34)32-25(31-21)41-20-12-19-18(11-16(20)27)38-14-39-19/h11-13,15,17,28H,3-10,14H2,1-2H3,(H,30,36)(H,31,32)/t17-/m0/s1. The van der Waals surface area contributed by atoms with Crippen molar-refractivity contribution < 1.29 is 23.8 Å². The van der Waals surface area contributed by atoms with Crippen LogP contribution in [0.2, 0.25) is 0 Å². The number of methoxy groups -OCH3 is 1. The first-order chi connectivity index (χ1) is 19.9. The molecule has 41 heavy (non-hydrogen) atoms. The van der Waals surface area contributed by atoms with Gasteiger partial charge in [0, 0.05) is 29.0 Å². The normalized spacial score (nSPS) is 15.7. The molecule has 2 aromatic heterocycles. The number of benzene rings is 1. The average Bonchev–Trinajstić information content (AvgIpc) is 3.62. The third-order valence-electron chi connectivity index (χ3n) is 7.21. The number of rotatable bonds is 10. The molecule has 0 radical (unpaired) electrons. The molecule has 2 amide bonds. The number of nitrogens with zero attached hydrogens (tertiary/aromatic N) is 4. The van der Waals surface area contributed by atoms with Gasteiger partial charge in [0.1, 0.15) is 11.6 Å². The number of fused-ring (bicyclic) bond motifs is 2. The molecule has 2 aliphatic rings. The van der Waals surface area contributed by atoms with Crippen LogP contribution in [0.25, 0.3) is 11.2 Å². The summed E-state index contributed by atoms with van der Waals surface area (Å²) >= 11 is 6.65. The molecule has 5 rings (SSSR count). The fourth-order valence-corrected chi connectivity index (χ4v) is 6.72. The van der Waals surface area contributed by atoms with E-state index in [0.29, 0.717) is 59.8 Å². The van der Waals surface area contributed by atoms with E-state index in [9.17, 15) is 9.59 Å². The summed E-state index contributed by atoms with van der Waals surface area (Å²) in [5.41, 5.74) is 1.41. The number of carbonyl (C=O) groups is 2. The van der Waals surface area contributed by atoms with Crippen molar-refractivity contribution in [3.05, 3.63) is 28.4 Å². The lowest BCUT2D eigenvalue weighted by Gasteiger charge is -2.33. The zero-order chi connectivity index (χ0) is 28.9. The van der Waals surface area contributed by atoms with Crippen molar-refractivity contribution in [2.45, 2.75) is 48.3 Å². The van der Waals surface area contributed by atoms with Gasteiger partial charge in [-0.1, -0.05) is 11.8 Å². The highest BCUT2D eigenvalue weighted by Gasteiger charge is 2.27. The molecule has 1 aromatic carbocycles. The molecule has 1 fully saturated rings. The molecular formula is C26H32BrN7O5S2. The minimum atomic E-state index is -0.632. The zero-order valence-corrected chi connectivity index (χ0v) is 26.0. The highest BCUT2D eigenvalue weighted by molar-refractivity contribution is 9.10. The van der Waals surface area contributed by atoms with E-state index >= 15 is 0 Å². The molecule has 15 heteroatoms. The summed E-state index contributed by atoms with van der Waals surface area (Å²) in [6.45, 7) is 2.16. The van der Waals surface area contributed by atoms with Gasteiger partial charge in [-0.05, 0) is 71.7 Å². The lowest BCUT2D eigenvalue weighted by Crippen LogP contribution is -2.50. The molecule has 12 nitrogen and oxygen atoms in total. The van der Waals surface area contributed by atoms with Crippen molar-refractivity contribution in [3.8, 4) is 11.5 Å². The molecule has 0 spiro atoms. The summed E-state index contributed by atoms with van der Waals surface area (Å²) in [4.78, 5) is 39.9. The first kappa shape index (κ1) is 29.6. The number of H-pyrrole nitrogens is 1. The Balaban J connectivity index is 1.18. The van der Waals surface area contributed by atoms with Crippen molar-refractivity contribution in [1.82, 2.24) is 29.7 Å². The maximum atomic E-state index is 12.8. The second-order valence-electron chi connectivity index (χ2n) is 9.79. The van der Waals surface area contributed by atoms with Gasteiger partial charge in [0.05, 0.1) is 13.4 Å². The van der Waals surface area contributed by atoms with Crippen LogP contribution in [0.3, 0.4) is 0 Å². The number of imidazole rings is 1. The Labute approximate surface area is 253 Å². The second-order valence-corrected chi connectivity index (χ2v) is 12.7. The molecule has 3 aromatic rings. The molecule has 0 bridgehead atoms. The quantitative estimate of drug-likeness (QED) is 0.274. The smallest absolute Gasteiger partial charge is 0.328 e. The van der Waals surface area contributed by atoms with Gasteiger partial charge in [0.15, 0.2) is 27.8 Å². The number of ether oxygens (including phenoxy) is 3. The number of amides is 2. The SMILES string of the molecule is COC(=O)[C@H](CCSC)NC(=O)N1CCC(CCn2cnc(=N)c3[nH]c(Sc4cc5c(cc4Br)OCO5)nc32)CC1. The molecule has 2 aliphatic heterocycles. The Morgan fingerprint density at radius 1 is 1.29 bits per heavy atom. The molecule has 0 aliphatic carbocycles. The number of aryl methyl sites for hydroxylation is 1. The van der Waals surface area contributed by atoms with Crippen LogP contribution in [0, 0.1) is 11.3 Å². The molecule has 220 valence electrons.